The van der Waals surface area contributed by atoms with Gasteiger partial charge in [-0.05, 0) is 29.2 Å². The van der Waals surface area contributed by atoms with Crippen LogP contribution in [0, 0.1) is 0 Å². The van der Waals surface area contributed by atoms with E-state index in [-0.39, 0.29) is 18.4 Å². The third-order valence-corrected chi connectivity index (χ3v) is 9.23. The molecule has 2 heterocycles. The van der Waals surface area contributed by atoms with Crippen LogP contribution in [0.15, 0.2) is 96.9 Å². The highest BCUT2D eigenvalue weighted by atomic mass is 32.2. The molecule has 1 aromatic heterocycles. The standard InChI is InChI=1S/C33H36N4O3S/c1-3-30(25-13-7-5-8-14-25)34-32(38)23-28-27-17-11-12-18-31(27)35-33(26-15-9-6-10-16-26)29(28)24-36-19-21-37(22-20-36)41(39,40)4-2/h4-18,30H,2-3,19-24H2,1H3,(H,34,38)/t30-/m0/s1. The molecule has 1 atom stereocenters. The van der Waals surface area contributed by atoms with Crippen LogP contribution in [0.3, 0.4) is 0 Å². The van der Waals surface area contributed by atoms with Crippen molar-refractivity contribution in [1.82, 2.24) is 19.5 Å². The number of benzene rings is 3. The van der Waals surface area contributed by atoms with E-state index in [1.165, 1.54) is 4.31 Å². The van der Waals surface area contributed by atoms with Crippen LogP contribution in [0.4, 0.5) is 0 Å². The highest BCUT2D eigenvalue weighted by molar-refractivity contribution is 7.92. The number of para-hydroxylation sites is 1. The number of hydrogen-bond donors (Lipinski definition) is 1. The Morgan fingerprint density at radius 1 is 0.927 bits per heavy atom. The predicted molar refractivity (Wildman–Crippen MR) is 164 cm³/mol. The zero-order valence-electron chi connectivity index (χ0n) is 23.4. The van der Waals surface area contributed by atoms with Gasteiger partial charge in [0.1, 0.15) is 0 Å². The van der Waals surface area contributed by atoms with E-state index in [4.69, 9.17) is 4.98 Å². The fourth-order valence-electron chi connectivity index (χ4n) is 5.51. The Hall–Kier alpha value is -3.85. The molecule has 1 amide bonds. The van der Waals surface area contributed by atoms with E-state index >= 15 is 0 Å². The van der Waals surface area contributed by atoms with Crippen LogP contribution in [-0.4, -0.2) is 54.7 Å². The summed E-state index contributed by atoms with van der Waals surface area (Å²) >= 11 is 0. The van der Waals surface area contributed by atoms with Gasteiger partial charge in [0.05, 0.1) is 23.7 Å². The van der Waals surface area contributed by atoms with Gasteiger partial charge >= 0.3 is 0 Å². The summed E-state index contributed by atoms with van der Waals surface area (Å²) in [5.41, 5.74) is 5.71. The minimum absolute atomic E-state index is 0.0424. The van der Waals surface area contributed by atoms with E-state index in [0.717, 1.165) is 50.7 Å². The van der Waals surface area contributed by atoms with Crippen LogP contribution in [0.2, 0.25) is 0 Å². The molecule has 5 rings (SSSR count). The average molecular weight is 569 g/mol. The van der Waals surface area contributed by atoms with Crippen LogP contribution >= 0.6 is 0 Å². The molecule has 1 N–H and O–H groups in total. The van der Waals surface area contributed by atoms with Crippen molar-refractivity contribution in [3.63, 3.8) is 0 Å². The van der Waals surface area contributed by atoms with Crippen LogP contribution < -0.4 is 5.32 Å². The van der Waals surface area contributed by atoms with Gasteiger partial charge in [0.2, 0.25) is 15.9 Å². The number of fused-ring (bicyclic) bond motifs is 1. The van der Waals surface area contributed by atoms with Gasteiger partial charge in [-0.1, -0.05) is 92.4 Å². The lowest BCUT2D eigenvalue weighted by Gasteiger charge is -2.34. The largest absolute Gasteiger partial charge is 0.349 e. The molecule has 0 aliphatic carbocycles. The van der Waals surface area contributed by atoms with E-state index in [9.17, 15) is 13.2 Å². The first kappa shape index (κ1) is 28.7. The summed E-state index contributed by atoms with van der Waals surface area (Å²) in [7, 11) is -3.45. The Morgan fingerprint density at radius 2 is 1.56 bits per heavy atom. The van der Waals surface area contributed by atoms with Crippen molar-refractivity contribution in [2.45, 2.75) is 32.4 Å². The lowest BCUT2D eigenvalue weighted by molar-refractivity contribution is -0.121. The molecule has 7 nitrogen and oxygen atoms in total. The molecule has 8 heteroatoms. The Kier molecular flexibility index (Phi) is 8.93. The maximum atomic E-state index is 13.6. The predicted octanol–water partition coefficient (Wildman–Crippen LogP) is 5.30. The molecule has 1 fully saturated rings. The van der Waals surface area contributed by atoms with E-state index in [1.807, 2.05) is 84.9 Å². The summed E-state index contributed by atoms with van der Waals surface area (Å²) in [5.74, 6) is -0.0424. The van der Waals surface area contributed by atoms with Gasteiger partial charge in [-0.15, -0.1) is 0 Å². The number of sulfonamides is 1. The number of nitrogens with zero attached hydrogens (tertiary/aromatic N) is 3. The molecular formula is C33H36N4O3S. The van der Waals surface area contributed by atoms with Gasteiger partial charge in [0.25, 0.3) is 0 Å². The molecule has 41 heavy (non-hydrogen) atoms. The minimum atomic E-state index is -3.45. The second kappa shape index (κ2) is 12.8. The average Bonchev–Trinajstić information content (AvgIpc) is 3.02. The number of carbonyl (C=O) groups is 1. The Labute approximate surface area is 242 Å². The Balaban J connectivity index is 1.52. The van der Waals surface area contributed by atoms with Crippen molar-refractivity contribution in [3.05, 3.63) is 114 Å². The summed E-state index contributed by atoms with van der Waals surface area (Å²) in [6.45, 7) is 8.03. The summed E-state index contributed by atoms with van der Waals surface area (Å²) in [6.07, 6.45) is 0.999. The molecule has 1 saturated heterocycles. The fraction of sp³-hybridized carbons (Fsp3) is 0.273. The number of nitrogens with one attached hydrogen (secondary N) is 1. The number of carbonyl (C=O) groups excluding carboxylic acids is 1. The third kappa shape index (κ3) is 6.56. The Morgan fingerprint density at radius 3 is 2.22 bits per heavy atom. The van der Waals surface area contributed by atoms with Crippen molar-refractivity contribution in [1.29, 1.82) is 0 Å². The maximum absolute atomic E-state index is 13.6. The van der Waals surface area contributed by atoms with Gasteiger partial charge in [-0.25, -0.2) is 13.4 Å². The van der Waals surface area contributed by atoms with Gasteiger partial charge in [0.15, 0.2) is 0 Å². The zero-order chi connectivity index (χ0) is 28.8. The van der Waals surface area contributed by atoms with E-state index in [0.29, 0.717) is 32.7 Å². The molecule has 0 radical (unpaired) electrons. The molecule has 4 aromatic rings. The highest BCUT2D eigenvalue weighted by Gasteiger charge is 2.27. The number of aromatic nitrogens is 1. The molecule has 0 spiro atoms. The molecular weight excluding hydrogens is 532 g/mol. The lowest BCUT2D eigenvalue weighted by Crippen LogP contribution is -2.47. The normalized spacial score (nSPS) is 15.4. The van der Waals surface area contributed by atoms with Crippen molar-refractivity contribution in [3.8, 4) is 11.3 Å². The molecule has 1 aliphatic heterocycles. The maximum Gasteiger partial charge on any atom is 0.235 e. The van der Waals surface area contributed by atoms with Crippen molar-refractivity contribution >= 4 is 26.8 Å². The van der Waals surface area contributed by atoms with Crippen LogP contribution in [0.25, 0.3) is 22.2 Å². The van der Waals surface area contributed by atoms with Gasteiger partial charge in [-0.3, -0.25) is 9.69 Å². The summed E-state index contributed by atoms with van der Waals surface area (Å²) in [5, 5.41) is 5.23. The summed E-state index contributed by atoms with van der Waals surface area (Å²) in [4.78, 5) is 21.0. The van der Waals surface area contributed by atoms with Crippen LogP contribution in [-0.2, 0) is 27.8 Å². The topological polar surface area (TPSA) is 82.6 Å². The first-order valence-electron chi connectivity index (χ1n) is 14.0. The van der Waals surface area contributed by atoms with E-state index < -0.39 is 10.0 Å². The molecule has 0 saturated carbocycles. The van der Waals surface area contributed by atoms with Gasteiger partial charge in [-0.2, -0.15) is 4.31 Å². The van der Waals surface area contributed by atoms with Crippen LogP contribution in [0.5, 0.6) is 0 Å². The first-order chi connectivity index (χ1) is 19.9. The summed E-state index contributed by atoms with van der Waals surface area (Å²) in [6, 6.07) is 28.0. The molecule has 212 valence electrons. The number of rotatable bonds is 10. The lowest BCUT2D eigenvalue weighted by atomic mass is 9.93. The first-order valence-corrected chi connectivity index (χ1v) is 15.5. The zero-order valence-corrected chi connectivity index (χ0v) is 24.2. The van der Waals surface area contributed by atoms with Crippen LogP contribution in [0.1, 0.15) is 36.1 Å². The highest BCUT2D eigenvalue weighted by Crippen LogP contribution is 2.32. The van der Waals surface area contributed by atoms with E-state index in [1.54, 1.807) is 0 Å². The SMILES string of the molecule is C=CS(=O)(=O)N1CCN(Cc2c(-c3ccccc3)nc3ccccc3c2CC(=O)N[C@@H](CC)c2ccccc2)CC1. The quantitative estimate of drug-likeness (QED) is 0.281. The van der Waals surface area contributed by atoms with Crippen molar-refractivity contribution in [2.24, 2.45) is 0 Å². The number of pyridine rings is 1. The molecule has 0 unspecified atom stereocenters. The fourth-order valence-corrected chi connectivity index (χ4v) is 6.39. The summed E-state index contributed by atoms with van der Waals surface area (Å²) < 4.78 is 26.1. The minimum Gasteiger partial charge on any atom is -0.349 e. The Bertz CT molecular complexity index is 1620. The number of amides is 1. The number of hydrogen-bond acceptors (Lipinski definition) is 5. The molecule has 0 bridgehead atoms. The smallest absolute Gasteiger partial charge is 0.235 e. The van der Waals surface area contributed by atoms with Crippen molar-refractivity contribution in [2.75, 3.05) is 26.2 Å². The third-order valence-electron chi connectivity index (χ3n) is 7.73. The van der Waals surface area contributed by atoms with Crippen molar-refractivity contribution < 1.29 is 13.2 Å². The van der Waals surface area contributed by atoms with Gasteiger partial charge in [0, 0.05) is 49.1 Å². The molecule has 3 aromatic carbocycles. The number of piperazine rings is 1. The monoisotopic (exact) mass is 568 g/mol. The second-order valence-corrected chi connectivity index (χ2v) is 12.2. The van der Waals surface area contributed by atoms with E-state index in [2.05, 4.69) is 23.7 Å². The second-order valence-electron chi connectivity index (χ2n) is 10.3. The van der Waals surface area contributed by atoms with Gasteiger partial charge < -0.3 is 5.32 Å². The molecule has 1 aliphatic rings.